The maximum absolute atomic E-state index is 12.7. The number of aromatic hydroxyl groups is 1. The van der Waals surface area contributed by atoms with E-state index in [-0.39, 0.29) is 18.3 Å². The van der Waals surface area contributed by atoms with Gasteiger partial charge in [-0.1, -0.05) is 12.1 Å². The highest BCUT2D eigenvalue weighted by Gasteiger charge is 2.44. The maximum Gasteiger partial charge on any atom is 0.338 e. The second-order valence-electron chi connectivity index (χ2n) is 8.80. The van der Waals surface area contributed by atoms with Gasteiger partial charge < -0.3 is 14.6 Å². The molecule has 33 heavy (non-hydrogen) atoms. The smallest absolute Gasteiger partial charge is 0.338 e. The van der Waals surface area contributed by atoms with E-state index in [1.807, 2.05) is 34.6 Å². The molecular formula is C25H25NO6S. The summed E-state index contributed by atoms with van der Waals surface area (Å²) in [6.07, 6.45) is 1.59. The van der Waals surface area contributed by atoms with Gasteiger partial charge in [-0.3, -0.25) is 14.9 Å². The van der Waals surface area contributed by atoms with Crippen molar-refractivity contribution in [3.63, 3.8) is 0 Å². The van der Waals surface area contributed by atoms with Crippen molar-refractivity contribution in [2.45, 2.75) is 46.1 Å². The van der Waals surface area contributed by atoms with E-state index in [1.165, 1.54) is 0 Å². The molecule has 0 spiro atoms. The highest BCUT2D eigenvalue weighted by Crippen LogP contribution is 2.51. The zero-order valence-electron chi connectivity index (χ0n) is 19.1. The molecule has 1 saturated heterocycles. The van der Waals surface area contributed by atoms with Crippen LogP contribution >= 0.6 is 11.8 Å². The van der Waals surface area contributed by atoms with Gasteiger partial charge in [-0.15, -0.1) is 0 Å². The fraction of sp³-hybridized carbons (Fsp3) is 0.320. The van der Waals surface area contributed by atoms with Gasteiger partial charge in [0.25, 0.3) is 11.1 Å². The van der Waals surface area contributed by atoms with E-state index in [1.54, 1.807) is 30.3 Å². The largest absolute Gasteiger partial charge is 0.507 e. The molecule has 0 aliphatic carbocycles. The summed E-state index contributed by atoms with van der Waals surface area (Å²) >= 11 is 0.840. The standard InChI is InChI=1S/C25H25NO6S/c1-12-13(2)21-19(14(3)20(12)27)17(25(4,5)32-21)11-31-23(29)16-8-6-15(7-9-16)10-18-22(28)26-24(30)33-18/h6-10,17,27H,11H2,1-5H3,(H,26,28,30)/b18-10-/t17-/m1/s1. The number of esters is 1. The van der Waals surface area contributed by atoms with Crippen LogP contribution in [0.15, 0.2) is 29.2 Å². The summed E-state index contributed by atoms with van der Waals surface area (Å²) in [5, 5.41) is 12.3. The van der Waals surface area contributed by atoms with E-state index in [0.29, 0.717) is 16.0 Å². The topological polar surface area (TPSA) is 102 Å². The van der Waals surface area contributed by atoms with Crippen LogP contribution in [-0.4, -0.2) is 34.4 Å². The van der Waals surface area contributed by atoms with Crippen molar-refractivity contribution in [2.75, 3.05) is 6.61 Å². The van der Waals surface area contributed by atoms with E-state index in [2.05, 4.69) is 5.32 Å². The molecule has 4 rings (SSSR count). The first kappa shape index (κ1) is 22.9. The van der Waals surface area contributed by atoms with Gasteiger partial charge in [-0.25, -0.2) is 4.79 Å². The molecule has 2 heterocycles. The number of phenolic OH excluding ortho intramolecular Hbond substituents is 1. The highest BCUT2D eigenvalue weighted by molar-refractivity contribution is 8.18. The molecule has 172 valence electrons. The van der Waals surface area contributed by atoms with Crippen molar-refractivity contribution < 1.29 is 29.0 Å². The summed E-state index contributed by atoms with van der Waals surface area (Å²) < 4.78 is 11.9. The lowest BCUT2D eigenvalue weighted by Crippen LogP contribution is -2.33. The van der Waals surface area contributed by atoms with Gasteiger partial charge in [0.15, 0.2) is 0 Å². The zero-order chi connectivity index (χ0) is 24.1. The fourth-order valence-corrected chi connectivity index (χ4v) is 4.86. The Morgan fingerprint density at radius 3 is 2.42 bits per heavy atom. The Balaban J connectivity index is 1.50. The number of imide groups is 1. The maximum atomic E-state index is 12.7. The van der Waals surface area contributed by atoms with Crippen molar-refractivity contribution in [2.24, 2.45) is 0 Å². The number of phenols is 1. The predicted octanol–water partition coefficient (Wildman–Crippen LogP) is 4.75. The molecule has 2 aromatic carbocycles. The number of carbonyl (C=O) groups is 3. The summed E-state index contributed by atoms with van der Waals surface area (Å²) in [5.74, 6) is -0.154. The van der Waals surface area contributed by atoms with Crippen molar-refractivity contribution in [3.8, 4) is 11.5 Å². The van der Waals surface area contributed by atoms with Crippen LogP contribution in [0.3, 0.4) is 0 Å². The molecule has 1 atom stereocenters. The third kappa shape index (κ3) is 4.11. The number of amides is 2. The summed E-state index contributed by atoms with van der Waals surface area (Å²) in [7, 11) is 0. The molecule has 2 amide bonds. The van der Waals surface area contributed by atoms with Gasteiger partial charge >= 0.3 is 5.97 Å². The van der Waals surface area contributed by atoms with Gasteiger partial charge in [0, 0.05) is 5.56 Å². The fourth-order valence-electron chi connectivity index (χ4n) is 4.18. The van der Waals surface area contributed by atoms with Crippen LogP contribution in [0, 0.1) is 20.8 Å². The van der Waals surface area contributed by atoms with E-state index < -0.39 is 22.7 Å². The van der Waals surface area contributed by atoms with E-state index in [4.69, 9.17) is 9.47 Å². The van der Waals surface area contributed by atoms with Crippen LogP contribution < -0.4 is 10.1 Å². The van der Waals surface area contributed by atoms with Crippen LogP contribution in [0.25, 0.3) is 6.08 Å². The SMILES string of the molecule is Cc1c(C)c2c(c(C)c1O)[C@@H](COC(=O)c1ccc(/C=C3\SC(=O)NC3=O)cc1)C(C)(C)O2. The van der Waals surface area contributed by atoms with Gasteiger partial charge in [-0.05, 0) is 86.8 Å². The first-order chi connectivity index (χ1) is 15.5. The number of nitrogens with one attached hydrogen (secondary N) is 1. The summed E-state index contributed by atoms with van der Waals surface area (Å²) in [6.45, 7) is 9.62. The van der Waals surface area contributed by atoms with Crippen molar-refractivity contribution in [1.82, 2.24) is 5.32 Å². The average Bonchev–Trinajstić information content (AvgIpc) is 3.23. The van der Waals surface area contributed by atoms with Crippen molar-refractivity contribution in [1.29, 1.82) is 0 Å². The predicted molar refractivity (Wildman–Crippen MR) is 126 cm³/mol. The number of thioether (sulfide) groups is 1. The molecule has 2 aromatic rings. The number of hydrogen-bond donors (Lipinski definition) is 2. The number of benzene rings is 2. The lowest BCUT2D eigenvalue weighted by molar-refractivity contribution is -0.115. The molecule has 2 aliphatic heterocycles. The molecule has 7 nitrogen and oxygen atoms in total. The molecule has 0 unspecified atom stereocenters. The minimum absolute atomic E-state index is 0.104. The van der Waals surface area contributed by atoms with Gasteiger partial charge in [0.1, 0.15) is 23.7 Å². The number of rotatable bonds is 4. The summed E-state index contributed by atoms with van der Waals surface area (Å²) in [5.41, 5.74) is 3.74. The average molecular weight is 468 g/mol. The van der Waals surface area contributed by atoms with Crippen LogP contribution in [0.1, 0.15) is 57.9 Å². The van der Waals surface area contributed by atoms with Crippen molar-refractivity contribution >= 4 is 35.0 Å². The Morgan fingerprint density at radius 1 is 1.15 bits per heavy atom. The molecule has 0 radical (unpaired) electrons. The number of hydrogen-bond acceptors (Lipinski definition) is 7. The number of carbonyl (C=O) groups excluding carboxylic acids is 3. The Morgan fingerprint density at radius 2 is 1.82 bits per heavy atom. The van der Waals surface area contributed by atoms with Gasteiger partial charge in [0.2, 0.25) is 0 Å². The van der Waals surface area contributed by atoms with E-state index in [0.717, 1.165) is 39.8 Å². The second kappa shape index (κ2) is 8.26. The second-order valence-corrected chi connectivity index (χ2v) is 9.81. The Hall–Kier alpha value is -3.26. The van der Waals surface area contributed by atoms with Crippen LogP contribution in [0.5, 0.6) is 11.5 Å². The zero-order valence-corrected chi connectivity index (χ0v) is 19.9. The number of ether oxygens (including phenoxy) is 2. The molecule has 0 saturated carbocycles. The minimum atomic E-state index is -0.606. The van der Waals surface area contributed by atoms with Crippen LogP contribution in [-0.2, 0) is 9.53 Å². The molecule has 0 bridgehead atoms. The molecule has 2 aliphatic rings. The Bertz CT molecular complexity index is 1210. The molecular weight excluding hydrogens is 442 g/mol. The van der Waals surface area contributed by atoms with Gasteiger partial charge in [0.05, 0.1) is 16.4 Å². The molecule has 8 heteroatoms. The van der Waals surface area contributed by atoms with Crippen molar-refractivity contribution in [3.05, 3.63) is 62.6 Å². The molecule has 2 N–H and O–H groups in total. The minimum Gasteiger partial charge on any atom is -0.507 e. The monoisotopic (exact) mass is 467 g/mol. The van der Waals surface area contributed by atoms with Crippen LogP contribution in [0.4, 0.5) is 4.79 Å². The van der Waals surface area contributed by atoms with Crippen LogP contribution in [0.2, 0.25) is 0 Å². The molecule has 0 aromatic heterocycles. The lowest BCUT2D eigenvalue weighted by Gasteiger charge is -2.26. The van der Waals surface area contributed by atoms with E-state index >= 15 is 0 Å². The Labute approximate surface area is 196 Å². The molecule has 1 fully saturated rings. The van der Waals surface area contributed by atoms with E-state index in [9.17, 15) is 19.5 Å². The first-order valence-corrected chi connectivity index (χ1v) is 11.3. The summed E-state index contributed by atoms with van der Waals surface area (Å²) in [6, 6.07) is 6.60. The summed E-state index contributed by atoms with van der Waals surface area (Å²) in [4.78, 5) is 36.0. The third-order valence-electron chi connectivity index (χ3n) is 6.28. The number of fused-ring (bicyclic) bond motifs is 1. The first-order valence-electron chi connectivity index (χ1n) is 10.5. The third-order valence-corrected chi connectivity index (χ3v) is 7.09. The van der Waals surface area contributed by atoms with Gasteiger partial charge in [-0.2, -0.15) is 0 Å². The Kier molecular flexibility index (Phi) is 5.74. The highest BCUT2D eigenvalue weighted by atomic mass is 32.2. The quantitative estimate of drug-likeness (QED) is 0.494. The lowest BCUT2D eigenvalue weighted by atomic mass is 9.83. The normalized spacial score (nSPS) is 19.9.